The van der Waals surface area contributed by atoms with Crippen LogP contribution in [-0.2, 0) is 12.4 Å². The number of ether oxygens (including phenoxy) is 1. The van der Waals surface area contributed by atoms with Gasteiger partial charge in [0.05, 0.1) is 7.11 Å². The van der Waals surface area contributed by atoms with Gasteiger partial charge in [-0.3, -0.25) is 4.79 Å². The van der Waals surface area contributed by atoms with E-state index in [-0.39, 0.29) is 5.91 Å². The first kappa shape index (κ1) is 15.4. The molecular weight excluding hydrogens is 286 g/mol. The minimum Gasteiger partial charge on any atom is -0.497 e. The van der Waals surface area contributed by atoms with E-state index < -0.39 is 0 Å². The Morgan fingerprint density at radius 2 is 1.86 bits per heavy atom. The second-order valence-corrected chi connectivity index (χ2v) is 5.11. The van der Waals surface area contributed by atoms with Crippen molar-refractivity contribution in [1.29, 1.82) is 0 Å². The van der Waals surface area contributed by atoms with Gasteiger partial charge in [-0.05, 0) is 35.4 Å². The molecule has 0 fully saturated rings. The van der Waals surface area contributed by atoms with E-state index in [1.54, 1.807) is 19.1 Å². The molecule has 0 spiro atoms. The molecule has 2 rings (SSSR count). The zero-order valence-corrected chi connectivity index (χ0v) is 12.9. The summed E-state index contributed by atoms with van der Waals surface area (Å²) < 4.78 is 5.19. The maximum absolute atomic E-state index is 12.4. The van der Waals surface area contributed by atoms with Crippen molar-refractivity contribution < 1.29 is 9.53 Å². The lowest BCUT2D eigenvalue weighted by molar-refractivity contribution is 0.0785. The van der Waals surface area contributed by atoms with Crippen molar-refractivity contribution in [1.82, 2.24) is 4.90 Å². The van der Waals surface area contributed by atoms with Crippen molar-refractivity contribution in [3.63, 3.8) is 0 Å². The first-order chi connectivity index (χ1) is 10.1. The van der Waals surface area contributed by atoms with Crippen molar-refractivity contribution in [3.05, 3.63) is 65.2 Å². The fourth-order valence-electron chi connectivity index (χ4n) is 2.07. The largest absolute Gasteiger partial charge is 0.497 e. The Bertz CT molecular complexity index is 610. The molecule has 2 aromatic rings. The Hall–Kier alpha value is -2.00. The van der Waals surface area contributed by atoms with Crippen molar-refractivity contribution in [2.24, 2.45) is 0 Å². The SMILES string of the molecule is COc1cccc(CN(C)C(=O)c2ccc(CCl)cc2)c1. The summed E-state index contributed by atoms with van der Waals surface area (Å²) >= 11 is 5.75. The van der Waals surface area contributed by atoms with Crippen LogP contribution in [0.2, 0.25) is 0 Å². The van der Waals surface area contributed by atoms with E-state index in [4.69, 9.17) is 16.3 Å². The van der Waals surface area contributed by atoms with Gasteiger partial charge in [0, 0.05) is 25.0 Å². The summed E-state index contributed by atoms with van der Waals surface area (Å²) in [6.45, 7) is 0.535. The van der Waals surface area contributed by atoms with Crippen molar-refractivity contribution in [2.45, 2.75) is 12.4 Å². The molecule has 0 unspecified atom stereocenters. The summed E-state index contributed by atoms with van der Waals surface area (Å²) in [5, 5.41) is 0. The summed E-state index contributed by atoms with van der Waals surface area (Å²) in [5.41, 5.74) is 2.69. The molecule has 0 atom stereocenters. The number of carbonyl (C=O) groups is 1. The molecule has 3 nitrogen and oxygen atoms in total. The van der Waals surface area contributed by atoms with Crippen LogP contribution in [0.5, 0.6) is 5.75 Å². The van der Waals surface area contributed by atoms with Gasteiger partial charge in [-0.2, -0.15) is 0 Å². The Morgan fingerprint density at radius 3 is 2.48 bits per heavy atom. The molecular formula is C17H18ClNO2. The van der Waals surface area contributed by atoms with E-state index in [0.717, 1.165) is 16.9 Å². The lowest BCUT2D eigenvalue weighted by atomic mass is 10.1. The number of hydrogen-bond acceptors (Lipinski definition) is 2. The predicted octanol–water partition coefficient (Wildman–Crippen LogP) is 3.71. The van der Waals surface area contributed by atoms with Crippen molar-refractivity contribution in [3.8, 4) is 5.75 Å². The van der Waals surface area contributed by atoms with Gasteiger partial charge in [0.1, 0.15) is 5.75 Å². The fourth-order valence-corrected chi connectivity index (χ4v) is 2.25. The first-order valence-electron chi connectivity index (χ1n) is 6.67. The van der Waals surface area contributed by atoms with E-state index >= 15 is 0 Å². The first-order valence-corrected chi connectivity index (χ1v) is 7.21. The number of carbonyl (C=O) groups excluding carboxylic acids is 1. The highest BCUT2D eigenvalue weighted by Crippen LogP contribution is 2.15. The monoisotopic (exact) mass is 303 g/mol. The van der Waals surface area contributed by atoms with Gasteiger partial charge in [0.2, 0.25) is 0 Å². The van der Waals surface area contributed by atoms with Gasteiger partial charge in [0.15, 0.2) is 0 Å². The number of halogens is 1. The molecule has 2 aromatic carbocycles. The highest BCUT2D eigenvalue weighted by molar-refractivity contribution is 6.17. The van der Waals surface area contributed by atoms with Crippen LogP contribution in [0.15, 0.2) is 48.5 Å². The number of hydrogen-bond donors (Lipinski definition) is 0. The van der Waals surface area contributed by atoms with Crippen LogP contribution >= 0.6 is 11.6 Å². The fraction of sp³-hybridized carbons (Fsp3) is 0.235. The Balaban J connectivity index is 2.07. The molecule has 0 aliphatic rings. The molecule has 0 aliphatic heterocycles. The summed E-state index contributed by atoms with van der Waals surface area (Å²) in [4.78, 5) is 14.0. The van der Waals surface area contributed by atoms with Crippen LogP contribution in [0.1, 0.15) is 21.5 Å². The summed E-state index contributed by atoms with van der Waals surface area (Å²) in [7, 11) is 3.42. The third-order valence-electron chi connectivity index (χ3n) is 3.26. The maximum atomic E-state index is 12.4. The highest BCUT2D eigenvalue weighted by atomic mass is 35.5. The van der Waals surface area contributed by atoms with Crippen LogP contribution in [-0.4, -0.2) is 25.0 Å². The van der Waals surface area contributed by atoms with E-state index in [9.17, 15) is 4.79 Å². The van der Waals surface area contributed by atoms with Crippen LogP contribution in [0, 0.1) is 0 Å². The standard InChI is InChI=1S/C17H18ClNO2/c1-19(12-14-4-3-5-16(10-14)21-2)17(20)15-8-6-13(11-18)7-9-15/h3-10H,11-12H2,1-2H3. The molecule has 0 bridgehead atoms. The molecule has 1 amide bonds. The minimum absolute atomic E-state index is 0.0149. The summed E-state index contributed by atoms with van der Waals surface area (Å²) in [5.74, 6) is 1.23. The van der Waals surface area contributed by atoms with E-state index in [1.165, 1.54) is 0 Å². The predicted molar refractivity (Wildman–Crippen MR) is 84.8 cm³/mol. The van der Waals surface area contributed by atoms with Gasteiger partial charge < -0.3 is 9.64 Å². The van der Waals surface area contributed by atoms with Crippen LogP contribution in [0.4, 0.5) is 0 Å². The molecule has 21 heavy (non-hydrogen) atoms. The molecule has 0 saturated heterocycles. The van der Waals surface area contributed by atoms with E-state index in [2.05, 4.69) is 0 Å². The Labute approximate surface area is 130 Å². The topological polar surface area (TPSA) is 29.5 Å². The molecule has 0 heterocycles. The van der Waals surface area contributed by atoms with Gasteiger partial charge in [-0.1, -0.05) is 24.3 Å². The molecule has 0 radical (unpaired) electrons. The highest BCUT2D eigenvalue weighted by Gasteiger charge is 2.12. The lowest BCUT2D eigenvalue weighted by Gasteiger charge is -2.18. The number of benzene rings is 2. The Kier molecular flexibility index (Phi) is 5.23. The maximum Gasteiger partial charge on any atom is 0.253 e. The molecule has 0 aromatic heterocycles. The molecule has 0 aliphatic carbocycles. The number of nitrogens with zero attached hydrogens (tertiary/aromatic N) is 1. The molecule has 0 N–H and O–H groups in total. The van der Waals surface area contributed by atoms with Gasteiger partial charge in [0.25, 0.3) is 5.91 Å². The van der Waals surface area contributed by atoms with Gasteiger partial charge in [-0.15, -0.1) is 11.6 Å². The average Bonchev–Trinajstić information content (AvgIpc) is 2.54. The van der Waals surface area contributed by atoms with E-state index in [1.807, 2.05) is 48.5 Å². The number of amides is 1. The van der Waals surface area contributed by atoms with Gasteiger partial charge in [-0.25, -0.2) is 0 Å². The van der Waals surface area contributed by atoms with Crippen LogP contribution in [0.25, 0.3) is 0 Å². The quantitative estimate of drug-likeness (QED) is 0.788. The molecule has 110 valence electrons. The zero-order chi connectivity index (χ0) is 15.2. The smallest absolute Gasteiger partial charge is 0.253 e. The van der Waals surface area contributed by atoms with Gasteiger partial charge >= 0.3 is 0 Å². The van der Waals surface area contributed by atoms with Crippen molar-refractivity contribution in [2.75, 3.05) is 14.2 Å². The summed E-state index contributed by atoms with van der Waals surface area (Å²) in [6, 6.07) is 15.1. The second kappa shape index (κ2) is 7.14. The third-order valence-corrected chi connectivity index (χ3v) is 3.56. The second-order valence-electron chi connectivity index (χ2n) is 4.84. The number of rotatable bonds is 5. The molecule has 4 heteroatoms. The lowest BCUT2D eigenvalue weighted by Crippen LogP contribution is -2.26. The average molecular weight is 304 g/mol. The summed E-state index contributed by atoms with van der Waals surface area (Å²) in [6.07, 6.45) is 0. The van der Waals surface area contributed by atoms with Crippen LogP contribution < -0.4 is 4.74 Å². The third kappa shape index (κ3) is 3.99. The molecule has 0 saturated carbocycles. The normalized spacial score (nSPS) is 10.2. The number of methoxy groups -OCH3 is 1. The number of alkyl halides is 1. The van der Waals surface area contributed by atoms with Crippen LogP contribution in [0.3, 0.4) is 0 Å². The Morgan fingerprint density at radius 1 is 1.14 bits per heavy atom. The van der Waals surface area contributed by atoms with E-state index in [0.29, 0.717) is 18.0 Å². The zero-order valence-electron chi connectivity index (χ0n) is 12.2. The van der Waals surface area contributed by atoms with Crippen molar-refractivity contribution >= 4 is 17.5 Å². The minimum atomic E-state index is -0.0149.